The molecule has 1 fully saturated rings. The lowest BCUT2D eigenvalue weighted by Gasteiger charge is -2.30. The van der Waals surface area contributed by atoms with E-state index >= 15 is 0 Å². The van der Waals surface area contributed by atoms with Crippen LogP contribution in [0.25, 0.3) is 22.4 Å². The van der Waals surface area contributed by atoms with E-state index in [1.807, 2.05) is 12.1 Å². The summed E-state index contributed by atoms with van der Waals surface area (Å²) in [6.45, 7) is 1.08. The van der Waals surface area contributed by atoms with Crippen molar-refractivity contribution in [3.05, 3.63) is 66.0 Å². The molecule has 0 radical (unpaired) electrons. The molecule has 0 saturated carbocycles. The summed E-state index contributed by atoms with van der Waals surface area (Å²) in [4.78, 5) is 14.8. The Kier molecular flexibility index (Phi) is 4.89. The highest BCUT2D eigenvalue weighted by Crippen LogP contribution is 2.32. The highest BCUT2D eigenvalue weighted by Gasteiger charge is 2.30. The molecule has 8 heteroatoms. The van der Waals surface area contributed by atoms with Crippen LogP contribution in [0, 0.1) is 5.82 Å². The number of benzene rings is 2. The molecule has 31 heavy (non-hydrogen) atoms. The smallest absolute Gasteiger partial charge is 0.289 e. The zero-order valence-corrected chi connectivity index (χ0v) is 16.9. The quantitative estimate of drug-likeness (QED) is 0.477. The van der Waals surface area contributed by atoms with Gasteiger partial charge in [-0.3, -0.25) is 4.79 Å². The molecular weight excluding hydrogens is 401 g/mol. The second-order valence-electron chi connectivity index (χ2n) is 7.53. The van der Waals surface area contributed by atoms with Gasteiger partial charge >= 0.3 is 0 Å². The molecule has 0 aliphatic carbocycles. The summed E-state index contributed by atoms with van der Waals surface area (Å²) in [6.07, 6.45) is 1.65. The van der Waals surface area contributed by atoms with E-state index < -0.39 is 0 Å². The van der Waals surface area contributed by atoms with Crippen LogP contribution in [0.5, 0.6) is 5.75 Å². The highest BCUT2D eigenvalue weighted by atomic mass is 19.1. The molecule has 5 rings (SSSR count). The molecule has 0 N–H and O–H groups in total. The summed E-state index contributed by atoms with van der Waals surface area (Å²) < 4.78 is 30.1. The molecule has 4 aromatic rings. The van der Waals surface area contributed by atoms with Crippen molar-refractivity contribution in [3.63, 3.8) is 0 Å². The van der Waals surface area contributed by atoms with Crippen LogP contribution in [0.4, 0.5) is 4.39 Å². The van der Waals surface area contributed by atoms with Crippen LogP contribution in [-0.4, -0.2) is 41.2 Å². The number of hydrogen-bond donors (Lipinski definition) is 0. The summed E-state index contributed by atoms with van der Waals surface area (Å²) in [6, 6.07) is 13.2. The predicted octanol–water partition coefficient (Wildman–Crippen LogP) is 4.65. The largest absolute Gasteiger partial charge is 0.493 e. The van der Waals surface area contributed by atoms with Crippen molar-refractivity contribution in [1.29, 1.82) is 0 Å². The summed E-state index contributed by atoms with van der Waals surface area (Å²) in [5, 5.41) is 9.08. The number of likely N-dealkylation sites (tertiary alicyclic amines) is 1. The Morgan fingerprint density at radius 1 is 1.16 bits per heavy atom. The van der Waals surface area contributed by atoms with Crippen LogP contribution in [0.3, 0.4) is 0 Å². The van der Waals surface area contributed by atoms with Crippen LogP contribution < -0.4 is 4.74 Å². The number of amides is 1. The molecule has 0 bridgehead atoms. The Balaban J connectivity index is 1.35. The first-order valence-electron chi connectivity index (χ1n) is 10.1. The summed E-state index contributed by atoms with van der Waals surface area (Å²) in [5.74, 6) is 1.10. The van der Waals surface area contributed by atoms with E-state index in [1.54, 1.807) is 36.3 Å². The maximum atomic E-state index is 13.1. The molecule has 1 aliphatic rings. The maximum absolute atomic E-state index is 13.1. The minimum atomic E-state index is -0.326. The van der Waals surface area contributed by atoms with E-state index in [-0.39, 0.29) is 23.4 Å². The second-order valence-corrected chi connectivity index (χ2v) is 7.53. The Morgan fingerprint density at radius 3 is 2.81 bits per heavy atom. The Bertz CT molecular complexity index is 1230. The minimum absolute atomic E-state index is 0.0710. The summed E-state index contributed by atoms with van der Waals surface area (Å²) in [7, 11) is 1.57. The third-order valence-corrected chi connectivity index (χ3v) is 5.53. The maximum Gasteiger partial charge on any atom is 0.289 e. The van der Waals surface area contributed by atoms with Gasteiger partial charge in [-0.05, 0) is 49.2 Å². The number of para-hydroxylation sites is 1. The number of carbonyl (C=O) groups excluding carboxylic acids is 1. The Hall–Kier alpha value is -3.68. The SMILES string of the molecule is COc1cccc2cc(C(=O)N3CCCC(c4nnc(-c5ccc(F)cc5)o4)C3)oc12. The van der Waals surface area contributed by atoms with E-state index in [4.69, 9.17) is 13.6 Å². The van der Waals surface area contributed by atoms with Gasteiger partial charge in [-0.1, -0.05) is 12.1 Å². The third-order valence-electron chi connectivity index (χ3n) is 5.53. The molecule has 1 saturated heterocycles. The van der Waals surface area contributed by atoms with Crippen LogP contribution in [0.1, 0.15) is 35.2 Å². The average molecular weight is 421 g/mol. The van der Waals surface area contributed by atoms with Gasteiger partial charge in [-0.15, -0.1) is 10.2 Å². The number of fused-ring (bicyclic) bond motifs is 1. The van der Waals surface area contributed by atoms with Crippen molar-refractivity contribution in [2.24, 2.45) is 0 Å². The van der Waals surface area contributed by atoms with E-state index in [2.05, 4.69) is 10.2 Å². The number of ether oxygens (including phenoxy) is 1. The lowest BCUT2D eigenvalue weighted by molar-refractivity contribution is 0.0668. The van der Waals surface area contributed by atoms with Crippen molar-refractivity contribution in [3.8, 4) is 17.2 Å². The second kappa shape index (κ2) is 7.86. The number of aromatic nitrogens is 2. The molecule has 7 nitrogen and oxygen atoms in total. The Morgan fingerprint density at radius 2 is 2.00 bits per heavy atom. The molecule has 1 atom stereocenters. The summed E-state index contributed by atoms with van der Waals surface area (Å²) in [5.41, 5.74) is 1.21. The molecular formula is C23H20FN3O4. The van der Waals surface area contributed by atoms with Crippen LogP contribution in [-0.2, 0) is 0 Å². The van der Waals surface area contributed by atoms with Gasteiger partial charge in [0.25, 0.3) is 5.91 Å². The topological polar surface area (TPSA) is 81.6 Å². The van der Waals surface area contributed by atoms with Crippen molar-refractivity contribution in [2.75, 3.05) is 20.2 Å². The van der Waals surface area contributed by atoms with Crippen LogP contribution in [0.2, 0.25) is 0 Å². The predicted molar refractivity (Wildman–Crippen MR) is 110 cm³/mol. The van der Waals surface area contributed by atoms with Crippen LogP contribution in [0.15, 0.2) is 57.4 Å². The van der Waals surface area contributed by atoms with Gasteiger partial charge in [0.15, 0.2) is 17.1 Å². The zero-order valence-electron chi connectivity index (χ0n) is 16.9. The number of nitrogens with zero attached hydrogens (tertiary/aromatic N) is 3. The molecule has 3 heterocycles. The first-order chi connectivity index (χ1) is 15.1. The molecule has 158 valence electrons. The van der Waals surface area contributed by atoms with Crippen molar-refractivity contribution in [2.45, 2.75) is 18.8 Å². The van der Waals surface area contributed by atoms with Gasteiger partial charge in [0, 0.05) is 24.0 Å². The standard InChI is InChI=1S/C23H20FN3O4/c1-29-18-6-2-4-15-12-19(30-20(15)18)23(28)27-11-3-5-16(13-27)22-26-25-21(31-22)14-7-9-17(24)10-8-14/h2,4,6-10,12,16H,3,5,11,13H2,1H3. The normalized spacial score (nSPS) is 16.6. The van der Waals surface area contributed by atoms with Gasteiger partial charge in [0.05, 0.1) is 13.0 Å². The number of furan rings is 1. The lowest BCUT2D eigenvalue weighted by Crippen LogP contribution is -2.39. The number of rotatable bonds is 4. The molecule has 2 aromatic heterocycles. The van der Waals surface area contributed by atoms with Crippen molar-refractivity contribution in [1.82, 2.24) is 15.1 Å². The first-order valence-corrected chi connectivity index (χ1v) is 10.1. The number of piperidine rings is 1. The zero-order chi connectivity index (χ0) is 21.4. The van der Waals surface area contributed by atoms with E-state index in [0.29, 0.717) is 41.8 Å². The van der Waals surface area contributed by atoms with Gasteiger partial charge in [0.2, 0.25) is 11.8 Å². The van der Waals surface area contributed by atoms with Gasteiger partial charge < -0.3 is 18.5 Å². The molecule has 1 aliphatic heterocycles. The lowest BCUT2D eigenvalue weighted by atomic mass is 9.98. The molecule has 1 unspecified atom stereocenters. The van der Waals surface area contributed by atoms with Crippen molar-refractivity contribution < 1.29 is 22.8 Å². The van der Waals surface area contributed by atoms with E-state index in [1.165, 1.54) is 12.1 Å². The molecule has 0 spiro atoms. The number of methoxy groups -OCH3 is 1. The Labute approximate surface area is 177 Å². The molecule has 2 aromatic carbocycles. The van der Waals surface area contributed by atoms with Gasteiger partial charge in [0.1, 0.15) is 5.82 Å². The van der Waals surface area contributed by atoms with E-state index in [0.717, 1.165) is 18.2 Å². The summed E-state index contributed by atoms with van der Waals surface area (Å²) >= 11 is 0. The fourth-order valence-electron chi connectivity index (χ4n) is 3.93. The third kappa shape index (κ3) is 3.65. The first kappa shape index (κ1) is 19.3. The van der Waals surface area contributed by atoms with Gasteiger partial charge in [-0.2, -0.15) is 0 Å². The number of carbonyl (C=O) groups is 1. The molecule has 1 amide bonds. The fraction of sp³-hybridized carbons (Fsp3) is 0.261. The minimum Gasteiger partial charge on any atom is -0.493 e. The van der Waals surface area contributed by atoms with Gasteiger partial charge in [-0.25, -0.2) is 4.39 Å². The number of hydrogen-bond acceptors (Lipinski definition) is 6. The number of halogens is 1. The van der Waals surface area contributed by atoms with Crippen LogP contribution >= 0.6 is 0 Å². The fourth-order valence-corrected chi connectivity index (χ4v) is 3.93. The monoisotopic (exact) mass is 421 g/mol. The van der Waals surface area contributed by atoms with Crippen molar-refractivity contribution >= 4 is 16.9 Å². The highest BCUT2D eigenvalue weighted by molar-refractivity contribution is 5.97. The average Bonchev–Trinajstić information content (AvgIpc) is 3.46. The van der Waals surface area contributed by atoms with E-state index in [9.17, 15) is 9.18 Å².